The fourth-order valence-electron chi connectivity index (χ4n) is 1.74. The first kappa shape index (κ1) is 15.9. The minimum absolute atomic E-state index is 0.175. The standard InChI is InChI=1S/C14H14BrClN2O3/c1-2-20-13-10(15)5-8(16)6-11(13)18-14(19)12-4-3-9(7-17)21-12/h3-6H,2,7,17H2,1H3,(H,18,19). The average Bonchev–Trinajstić information content (AvgIpc) is 2.91. The van der Waals surface area contributed by atoms with Crippen molar-refractivity contribution in [2.24, 2.45) is 5.73 Å². The molecule has 0 bridgehead atoms. The molecule has 0 radical (unpaired) electrons. The summed E-state index contributed by atoms with van der Waals surface area (Å²) in [5, 5.41) is 3.19. The van der Waals surface area contributed by atoms with Crippen LogP contribution in [0, 0.1) is 0 Å². The molecule has 3 N–H and O–H groups in total. The van der Waals surface area contributed by atoms with Gasteiger partial charge in [0.2, 0.25) is 0 Å². The van der Waals surface area contributed by atoms with Crippen LogP contribution >= 0.6 is 27.5 Å². The number of rotatable bonds is 5. The fourth-order valence-corrected chi connectivity index (χ4v) is 2.66. The van der Waals surface area contributed by atoms with E-state index in [2.05, 4.69) is 21.2 Å². The smallest absolute Gasteiger partial charge is 0.291 e. The summed E-state index contributed by atoms with van der Waals surface area (Å²) in [5.41, 5.74) is 5.91. The predicted octanol–water partition coefficient (Wildman–Crippen LogP) is 3.81. The molecule has 5 nitrogen and oxygen atoms in total. The molecule has 21 heavy (non-hydrogen) atoms. The van der Waals surface area contributed by atoms with Gasteiger partial charge in [0.1, 0.15) is 5.76 Å². The maximum atomic E-state index is 12.2. The number of ether oxygens (including phenoxy) is 1. The van der Waals surface area contributed by atoms with Gasteiger partial charge < -0.3 is 20.2 Å². The highest BCUT2D eigenvalue weighted by Gasteiger charge is 2.16. The Labute approximate surface area is 135 Å². The molecule has 0 aliphatic heterocycles. The molecular formula is C14H14BrClN2O3. The molecule has 0 aliphatic rings. The Kier molecular flexibility index (Phi) is 5.27. The second-order valence-corrected chi connectivity index (χ2v) is 5.41. The number of halogens is 2. The summed E-state index contributed by atoms with van der Waals surface area (Å²) in [6.07, 6.45) is 0. The minimum atomic E-state index is -0.398. The van der Waals surface area contributed by atoms with Crippen molar-refractivity contribution in [3.8, 4) is 5.75 Å². The third kappa shape index (κ3) is 3.78. The summed E-state index contributed by atoms with van der Waals surface area (Å²) in [6, 6.07) is 6.54. The average molecular weight is 374 g/mol. The van der Waals surface area contributed by atoms with Crippen LogP contribution < -0.4 is 15.8 Å². The normalized spacial score (nSPS) is 10.5. The van der Waals surface area contributed by atoms with Crippen molar-refractivity contribution >= 4 is 39.1 Å². The van der Waals surface area contributed by atoms with Crippen molar-refractivity contribution in [1.29, 1.82) is 0 Å². The highest BCUT2D eigenvalue weighted by atomic mass is 79.9. The van der Waals surface area contributed by atoms with E-state index in [0.29, 0.717) is 33.3 Å². The number of anilines is 1. The third-order valence-electron chi connectivity index (χ3n) is 2.63. The quantitative estimate of drug-likeness (QED) is 0.835. The number of hydrogen-bond donors (Lipinski definition) is 2. The molecular weight excluding hydrogens is 360 g/mol. The second kappa shape index (κ2) is 6.98. The third-order valence-corrected chi connectivity index (χ3v) is 3.44. The van der Waals surface area contributed by atoms with Crippen LogP contribution in [0.4, 0.5) is 5.69 Å². The number of amides is 1. The Hall–Kier alpha value is -1.50. The number of carbonyl (C=O) groups is 1. The molecule has 0 aliphatic carbocycles. The van der Waals surface area contributed by atoms with Crippen molar-refractivity contribution in [3.05, 3.63) is 45.3 Å². The highest BCUT2D eigenvalue weighted by molar-refractivity contribution is 9.10. The van der Waals surface area contributed by atoms with Gasteiger partial charge in [0.25, 0.3) is 5.91 Å². The van der Waals surface area contributed by atoms with Gasteiger partial charge in [-0.2, -0.15) is 0 Å². The zero-order chi connectivity index (χ0) is 15.4. The zero-order valence-electron chi connectivity index (χ0n) is 11.3. The van der Waals surface area contributed by atoms with Gasteiger partial charge in [0.15, 0.2) is 11.5 Å². The number of hydrogen-bond acceptors (Lipinski definition) is 4. The van der Waals surface area contributed by atoms with Crippen LogP contribution in [-0.2, 0) is 6.54 Å². The molecule has 0 spiro atoms. The SMILES string of the molecule is CCOc1c(Br)cc(Cl)cc1NC(=O)c1ccc(CN)o1. The first-order valence-electron chi connectivity index (χ1n) is 6.27. The molecule has 0 atom stereocenters. The number of nitrogens with one attached hydrogen (secondary N) is 1. The van der Waals surface area contributed by atoms with E-state index in [4.69, 9.17) is 26.5 Å². The fraction of sp³-hybridized carbons (Fsp3) is 0.214. The lowest BCUT2D eigenvalue weighted by molar-refractivity contribution is 0.0994. The largest absolute Gasteiger partial charge is 0.491 e. The topological polar surface area (TPSA) is 77.5 Å². The lowest BCUT2D eigenvalue weighted by Gasteiger charge is -2.13. The summed E-state index contributed by atoms with van der Waals surface area (Å²) in [4.78, 5) is 12.2. The monoisotopic (exact) mass is 372 g/mol. The predicted molar refractivity (Wildman–Crippen MR) is 84.9 cm³/mol. The molecule has 0 saturated heterocycles. The van der Waals surface area contributed by atoms with Gasteiger partial charge in [-0.05, 0) is 47.1 Å². The van der Waals surface area contributed by atoms with Gasteiger partial charge >= 0.3 is 0 Å². The van der Waals surface area contributed by atoms with E-state index in [1.165, 1.54) is 0 Å². The molecule has 0 saturated carbocycles. The van der Waals surface area contributed by atoms with Crippen molar-refractivity contribution < 1.29 is 13.9 Å². The lowest BCUT2D eigenvalue weighted by Crippen LogP contribution is -2.12. The van der Waals surface area contributed by atoms with Crippen LogP contribution in [0.25, 0.3) is 0 Å². The minimum Gasteiger partial charge on any atom is -0.491 e. The molecule has 0 unspecified atom stereocenters. The Morgan fingerprint density at radius 3 is 2.86 bits per heavy atom. The van der Waals surface area contributed by atoms with E-state index in [1.807, 2.05) is 6.92 Å². The van der Waals surface area contributed by atoms with E-state index in [0.717, 1.165) is 0 Å². The maximum absolute atomic E-state index is 12.2. The molecule has 1 aromatic carbocycles. The van der Waals surface area contributed by atoms with Gasteiger partial charge in [-0.1, -0.05) is 11.6 Å². The summed E-state index contributed by atoms with van der Waals surface area (Å²) >= 11 is 9.36. The van der Waals surface area contributed by atoms with E-state index in [1.54, 1.807) is 24.3 Å². The Morgan fingerprint density at radius 2 is 2.24 bits per heavy atom. The molecule has 0 fully saturated rings. The van der Waals surface area contributed by atoms with Crippen molar-refractivity contribution in [2.45, 2.75) is 13.5 Å². The summed E-state index contributed by atoms with van der Waals surface area (Å²) < 4.78 is 11.5. The van der Waals surface area contributed by atoms with Gasteiger partial charge in [-0.25, -0.2) is 0 Å². The van der Waals surface area contributed by atoms with E-state index in [-0.39, 0.29) is 12.3 Å². The van der Waals surface area contributed by atoms with E-state index in [9.17, 15) is 4.79 Å². The molecule has 2 aromatic rings. The van der Waals surface area contributed by atoms with Gasteiger partial charge in [-0.15, -0.1) is 0 Å². The van der Waals surface area contributed by atoms with Crippen molar-refractivity contribution in [2.75, 3.05) is 11.9 Å². The summed E-state index contributed by atoms with van der Waals surface area (Å²) in [6.45, 7) is 2.55. The number of nitrogens with two attached hydrogens (primary N) is 1. The van der Waals surface area contributed by atoms with Crippen LogP contribution in [0.5, 0.6) is 5.75 Å². The lowest BCUT2D eigenvalue weighted by atomic mass is 10.2. The van der Waals surface area contributed by atoms with Gasteiger partial charge in [0, 0.05) is 5.02 Å². The second-order valence-electron chi connectivity index (χ2n) is 4.12. The van der Waals surface area contributed by atoms with Crippen molar-refractivity contribution in [1.82, 2.24) is 0 Å². The molecule has 1 amide bonds. The molecule has 2 rings (SSSR count). The van der Waals surface area contributed by atoms with Crippen LogP contribution in [0.3, 0.4) is 0 Å². The first-order chi connectivity index (χ1) is 10.0. The van der Waals surface area contributed by atoms with E-state index >= 15 is 0 Å². The maximum Gasteiger partial charge on any atom is 0.291 e. The molecule has 1 heterocycles. The zero-order valence-corrected chi connectivity index (χ0v) is 13.6. The Balaban J connectivity index is 2.27. The Bertz CT molecular complexity index is 658. The number of carbonyl (C=O) groups excluding carboxylic acids is 1. The van der Waals surface area contributed by atoms with Crippen LogP contribution in [0.1, 0.15) is 23.2 Å². The molecule has 7 heteroatoms. The Morgan fingerprint density at radius 1 is 1.48 bits per heavy atom. The number of furan rings is 1. The highest BCUT2D eigenvalue weighted by Crippen LogP contribution is 2.36. The summed E-state index contributed by atoms with van der Waals surface area (Å²) in [5.74, 6) is 0.831. The number of benzene rings is 1. The van der Waals surface area contributed by atoms with Gasteiger partial charge in [-0.3, -0.25) is 4.79 Å². The molecule has 1 aromatic heterocycles. The summed E-state index contributed by atoms with van der Waals surface area (Å²) in [7, 11) is 0. The molecule has 112 valence electrons. The van der Waals surface area contributed by atoms with Crippen LogP contribution in [0.2, 0.25) is 5.02 Å². The van der Waals surface area contributed by atoms with E-state index < -0.39 is 5.91 Å². The van der Waals surface area contributed by atoms with Crippen LogP contribution in [0.15, 0.2) is 33.2 Å². The first-order valence-corrected chi connectivity index (χ1v) is 7.44. The van der Waals surface area contributed by atoms with Gasteiger partial charge in [0.05, 0.1) is 23.3 Å². The van der Waals surface area contributed by atoms with Crippen molar-refractivity contribution in [3.63, 3.8) is 0 Å². The van der Waals surface area contributed by atoms with Crippen LogP contribution in [-0.4, -0.2) is 12.5 Å².